The second-order valence-corrected chi connectivity index (χ2v) is 4.94. The highest BCUT2D eigenvalue weighted by atomic mass is 16.5. The van der Waals surface area contributed by atoms with Crippen LogP contribution in [0.15, 0.2) is 4.52 Å². The molecule has 0 aliphatic rings. The summed E-state index contributed by atoms with van der Waals surface area (Å²) < 4.78 is 9.89. The Morgan fingerprint density at radius 1 is 1.47 bits per heavy atom. The molecule has 0 amide bonds. The number of rotatable bonds is 8. The van der Waals surface area contributed by atoms with Crippen LogP contribution in [0.4, 0.5) is 0 Å². The Bertz CT molecular complexity index is 390. The number of methoxy groups -OCH3 is 1. The lowest BCUT2D eigenvalue weighted by Crippen LogP contribution is -2.38. The molecule has 6 heteroatoms. The predicted octanol–water partition coefficient (Wildman–Crippen LogP) is 1.70. The average molecular weight is 269 g/mol. The molecule has 6 nitrogen and oxygen atoms in total. The van der Waals surface area contributed by atoms with Gasteiger partial charge >= 0.3 is 5.97 Å². The van der Waals surface area contributed by atoms with Gasteiger partial charge in [-0.3, -0.25) is 10.1 Å². The van der Waals surface area contributed by atoms with Gasteiger partial charge in [0.1, 0.15) is 6.04 Å². The summed E-state index contributed by atoms with van der Waals surface area (Å²) in [6.45, 7) is 6.56. The van der Waals surface area contributed by atoms with E-state index in [2.05, 4.69) is 36.2 Å². The molecule has 1 N–H and O–H groups in total. The number of nitrogens with one attached hydrogen (secondary N) is 1. The van der Waals surface area contributed by atoms with Crippen molar-refractivity contribution in [3.8, 4) is 0 Å². The third-order valence-corrected chi connectivity index (χ3v) is 2.68. The van der Waals surface area contributed by atoms with Gasteiger partial charge in [-0.2, -0.15) is 4.98 Å². The Labute approximate surface area is 113 Å². The first-order valence-electron chi connectivity index (χ1n) is 6.69. The summed E-state index contributed by atoms with van der Waals surface area (Å²) in [5, 5.41) is 6.97. The molecule has 0 bridgehead atoms. The van der Waals surface area contributed by atoms with Crippen LogP contribution < -0.4 is 5.32 Å². The standard InChI is InChI=1S/C13H23N3O3/c1-5-6-11-15-12(19-16-11)8-14-10(7-9(2)3)13(17)18-4/h9-10,14H,5-8H2,1-4H3. The highest BCUT2D eigenvalue weighted by molar-refractivity contribution is 5.75. The average Bonchev–Trinajstić information content (AvgIpc) is 2.81. The molecule has 0 saturated heterocycles. The molecule has 0 spiro atoms. The molecule has 1 aromatic heterocycles. The number of ether oxygens (including phenoxy) is 1. The Morgan fingerprint density at radius 2 is 2.21 bits per heavy atom. The number of carbonyl (C=O) groups excluding carboxylic acids is 1. The second-order valence-electron chi connectivity index (χ2n) is 4.94. The first-order chi connectivity index (χ1) is 9.06. The van der Waals surface area contributed by atoms with Crippen LogP contribution in [0.5, 0.6) is 0 Å². The zero-order chi connectivity index (χ0) is 14.3. The van der Waals surface area contributed by atoms with Crippen molar-refractivity contribution in [2.75, 3.05) is 7.11 Å². The Balaban J connectivity index is 2.52. The maximum atomic E-state index is 11.6. The van der Waals surface area contributed by atoms with Gasteiger partial charge in [0.2, 0.25) is 5.89 Å². The number of hydrogen-bond acceptors (Lipinski definition) is 6. The highest BCUT2D eigenvalue weighted by Crippen LogP contribution is 2.07. The molecule has 0 radical (unpaired) electrons. The Kier molecular flexibility index (Phi) is 6.49. The summed E-state index contributed by atoms with van der Waals surface area (Å²) in [6.07, 6.45) is 2.49. The lowest BCUT2D eigenvalue weighted by atomic mass is 10.0. The summed E-state index contributed by atoms with van der Waals surface area (Å²) in [5.41, 5.74) is 0. The smallest absolute Gasteiger partial charge is 0.322 e. The summed E-state index contributed by atoms with van der Waals surface area (Å²) in [6, 6.07) is -0.341. The van der Waals surface area contributed by atoms with E-state index in [1.165, 1.54) is 7.11 Å². The molecule has 1 aromatic rings. The van der Waals surface area contributed by atoms with Crippen LogP contribution in [0.2, 0.25) is 0 Å². The van der Waals surface area contributed by atoms with Gasteiger partial charge in [0.25, 0.3) is 0 Å². The normalized spacial score (nSPS) is 12.7. The van der Waals surface area contributed by atoms with Gasteiger partial charge < -0.3 is 9.26 Å². The number of aryl methyl sites for hydroxylation is 1. The first-order valence-corrected chi connectivity index (χ1v) is 6.69. The molecule has 1 atom stereocenters. The maximum absolute atomic E-state index is 11.6. The fourth-order valence-electron chi connectivity index (χ4n) is 1.77. The lowest BCUT2D eigenvalue weighted by molar-refractivity contribution is -0.143. The van der Waals surface area contributed by atoms with E-state index in [0.29, 0.717) is 30.6 Å². The van der Waals surface area contributed by atoms with Crippen LogP contribution in [0.25, 0.3) is 0 Å². The third-order valence-electron chi connectivity index (χ3n) is 2.68. The quantitative estimate of drug-likeness (QED) is 0.724. The van der Waals surface area contributed by atoms with Crippen molar-refractivity contribution in [3.05, 3.63) is 11.7 Å². The van der Waals surface area contributed by atoms with Gasteiger partial charge in [-0.05, 0) is 18.8 Å². The summed E-state index contributed by atoms with van der Waals surface area (Å²) in [5.74, 6) is 1.34. The number of aromatic nitrogens is 2. The minimum absolute atomic E-state index is 0.262. The minimum atomic E-state index is -0.341. The molecule has 108 valence electrons. The van der Waals surface area contributed by atoms with Crippen molar-refractivity contribution in [2.45, 2.75) is 52.6 Å². The van der Waals surface area contributed by atoms with E-state index in [1.54, 1.807) is 0 Å². The molecule has 0 fully saturated rings. The Morgan fingerprint density at radius 3 is 2.79 bits per heavy atom. The van der Waals surface area contributed by atoms with E-state index in [9.17, 15) is 4.79 Å². The fourth-order valence-corrected chi connectivity index (χ4v) is 1.77. The number of hydrogen-bond donors (Lipinski definition) is 1. The highest BCUT2D eigenvalue weighted by Gasteiger charge is 2.20. The van der Waals surface area contributed by atoms with E-state index >= 15 is 0 Å². The van der Waals surface area contributed by atoms with Crippen molar-refractivity contribution >= 4 is 5.97 Å². The summed E-state index contributed by atoms with van der Waals surface area (Å²) in [7, 11) is 1.39. The van der Waals surface area contributed by atoms with E-state index in [4.69, 9.17) is 9.26 Å². The SMILES string of the molecule is CCCc1noc(CNC(CC(C)C)C(=O)OC)n1. The van der Waals surface area contributed by atoms with Gasteiger partial charge in [0, 0.05) is 6.42 Å². The molecule has 0 aromatic carbocycles. The maximum Gasteiger partial charge on any atom is 0.322 e. The molecular weight excluding hydrogens is 246 g/mol. The number of carbonyl (C=O) groups is 1. The van der Waals surface area contributed by atoms with Gasteiger partial charge in [-0.25, -0.2) is 0 Å². The molecule has 1 unspecified atom stereocenters. The Hall–Kier alpha value is -1.43. The van der Waals surface area contributed by atoms with Gasteiger partial charge in [-0.15, -0.1) is 0 Å². The molecule has 0 aliphatic carbocycles. The summed E-state index contributed by atoms with van der Waals surface area (Å²) >= 11 is 0. The van der Waals surface area contributed by atoms with Crippen LogP contribution in [0.1, 0.15) is 45.3 Å². The van der Waals surface area contributed by atoms with Crippen LogP contribution in [-0.2, 0) is 22.5 Å². The monoisotopic (exact) mass is 269 g/mol. The van der Waals surface area contributed by atoms with Crippen LogP contribution >= 0.6 is 0 Å². The molecule has 0 aliphatic heterocycles. The van der Waals surface area contributed by atoms with E-state index in [0.717, 1.165) is 12.8 Å². The van der Waals surface area contributed by atoms with E-state index < -0.39 is 0 Å². The molecule has 1 rings (SSSR count). The minimum Gasteiger partial charge on any atom is -0.468 e. The van der Waals surface area contributed by atoms with Crippen LogP contribution in [0.3, 0.4) is 0 Å². The molecular formula is C13H23N3O3. The topological polar surface area (TPSA) is 77.2 Å². The largest absolute Gasteiger partial charge is 0.468 e. The molecule has 19 heavy (non-hydrogen) atoms. The van der Waals surface area contributed by atoms with E-state index in [-0.39, 0.29) is 12.0 Å². The zero-order valence-corrected chi connectivity index (χ0v) is 12.1. The van der Waals surface area contributed by atoms with Gasteiger partial charge in [-0.1, -0.05) is 25.9 Å². The van der Waals surface area contributed by atoms with Crippen LogP contribution in [0, 0.1) is 5.92 Å². The van der Waals surface area contributed by atoms with Crippen molar-refractivity contribution in [3.63, 3.8) is 0 Å². The zero-order valence-electron chi connectivity index (χ0n) is 12.1. The van der Waals surface area contributed by atoms with Crippen molar-refractivity contribution in [1.29, 1.82) is 0 Å². The number of nitrogens with zero attached hydrogens (tertiary/aromatic N) is 2. The van der Waals surface area contributed by atoms with Crippen molar-refractivity contribution < 1.29 is 14.1 Å². The predicted molar refractivity (Wildman–Crippen MR) is 70.4 cm³/mol. The second kappa shape index (κ2) is 7.89. The fraction of sp³-hybridized carbons (Fsp3) is 0.769. The third kappa shape index (κ3) is 5.38. The number of esters is 1. The van der Waals surface area contributed by atoms with Gasteiger partial charge in [0.05, 0.1) is 13.7 Å². The van der Waals surface area contributed by atoms with Crippen molar-refractivity contribution in [2.24, 2.45) is 5.92 Å². The van der Waals surface area contributed by atoms with Crippen molar-refractivity contribution in [1.82, 2.24) is 15.5 Å². The first kappa shape index (κ1) is 15.6. The van der Waals surface area contributed by atoms with E-state index in [1.807, 2.05) is 0 Å². The molecule has 1 heterocycles. The lowest BCUT2D eigenvalue weighted by Gasteiger charge is -2.17. The van der Waals surface area contributed by atoms with Crippen LogP contribution in [-0.4, -0.2) is 29.3 Å². The summed E-state index contributed by atoms with van der Waals surface area (Å²) in [4.78, 5) is 15.9. The molecule has 0 saturated carbocycles. The van der Waals surface area contributed by atoms with Gasteiger partial charge in [0.15, 0.2) is 5.82 Å².